The molecule has 0 bridgehead atoms. The van der Waals surface area contributed by atoms with Gasteiger partial charge < -0.3 is 19.9 Å². The Labute approximate surface area is 195 Å². The van der Waals surface area contributed by atoms with E-state index in [2.05, 4.69) is 5.32 Å². The van der Waals surface area contributed by atoms with Crippen molar-refractivity contribution in [2.45, 2.75) is 6.61 Å². The van der Waals surface area contributed by atoms with Gasteiger partial charge >= 0.3 is 5.97 Å². The summed E-state index contributed by atoms with van der Waals surface area (Å²) in [5, 5.41) is 21.6. The molecule has 0 unspecified atom stereocenters. The first-order valence-electron chi connectivity index (χ1n) is 9.71. The summed E-state index contributed by atoms with van der Waals surface area (Å²) in [7, 11) is 1.49. The number of hydrogen-bond donors (Lipinski definition) is 2. The highest BCUT2D eigenvalue weighted by molar-refractivity contribution is 6.30. The molecular formula is C25H19ClN2O5. The number of anilines is 1. The first-order valence-corrected chi connectivity index (χ1v) is 10.1. The van der Waals surface area contributed by atoms with E-state index < -0.39 is 11.9 Å². The van der Waals surface area contributed by atoms with Gasteiger partial charge in [0.25, 0.3) is 5.91 Å². The molecule has 0 spiro atoms. The molecular weight excluding hydrogens is 444 g/mol. The zero-order valence-electron chi connectivity index (χ0n) is 17.5. The number of rotatable bonds is 8. The van der Waals surface area contributed by atoms with Crippen LogP contribution in [0.1, 0.15) is 21.5 Å². The molecule has 0 saturated heterocycles. The molecule has 33 heavy (non-hydrogen) atoms. The number of carbonyl (C=O) groups excluding carboxylic acids is 1. The number of carboxylic acids is 1. The number of amides is 1. The van der Waals surface area contributed by atoms with Gasteiger partial charge in [-0.15, -0.1) is 0 Å². The predicted octanol–water partition coefficient (Wildman–Crippen LogP) is 5.17. The normalized spacial score (nSPS) is 10.8. The van der Waals surface area contributed by atoms with E-state index in [9.17, 15) is 14.9 Å². The lowest BCUT2D eigenvalue weighted by Crippen LogP contribution is -2.13. The number of nitrogens with zero attached hydrogens (tertiary/aromatic N) is 1. The van der Waals surface area contributed by atoms with E-state index in [1.165, 1.54) is 37.5 Å². The van der Waals surface area contributed by atoms with Crippen molar-refractivity contribution in [2.75, 3.05) is 12.4 Å². The van der Waals surface area contributed by atoms with E-state index in [1.54, 1.807) is 30.3 Å². The third-order valence-electron chi connectivity index (χ3n) is 4.54. The maximum atomic E-state index is 12.5. The number of benzene rings is 3. The van der Waals surface area contributed by atoms with Crippen molar-refractivity contribution in [3.63, 3.8) is 0 Å². The average Bonchev–Trinajstić information content (AvgIpc) is 2.81. The zero-order chi connectivity index (χ0) is 23.8. The Bertz CT molecular complexity index is 1250. The minimum Gasteiger partial charge on any atom is -0.493 e. The van der Waals surface area contributed by atoms with Crippen LogP contribution in [0.25, 0.3) is 6.08 Å². The molecule has 7 nitrogen and oxygen atoms in total. The van der Waals surface area contributed by atoms with Crippen molar-refractivity contribution in [1.29, 1.82) is 5.26 Å². The number of carbonyl (C=O) groups is 2. The van der Waals surface area contributed by atoms with Crippen LogP contribution in [0.4, 0.5) is 5.69 Å². The number of aromatic carboxylic acids is 1. The van der Waals surface area contributed by atoms with E-state index >= 15 is 0 Å². The fourth-order valence-electron chi connectivity index (χ4n) is 2.89. The molecule has 0 aliphatic carbocycles. The first kappa shape index (κ1) is 23.4. The van der Waals surface area contributed by atoms with Crippen LogP contribution >= 0.6 is 11.6 Å². The van der Waals surface area contributed by atoms with Gasteiger partial charge in [0.05, 0.1) is 12.7 Å². The highest BCUT2D eigenvalue weighted by atomic mass is 35.5. The van der Waals surface area contributed by atoms with Crippen LogP contribution in [0.2, 0.25) is 5.02 Å². The first-order chi connectivity index (χ1) is 15.9. The van der Waals surface area contributed by atoms with Crippen LogP contribution in [0, 0.1) is 11.3 Å². The molecule has 0 heterocycles. The molecule has 0 fully saturated rings. The Morgan fingerprint density at radius 2 is 1.85 bits per heavy atom. The summed E-state index contributed by atoms with van der Waals surface area (Å²) < 4.78 is 11.2. The fourth-order valence-corrected chi connectivity index (χ4v) is 3.10. The number of methoxy groups -OCH3 is 1. The molecule has 0 atom stereocenters. The second-order valence-corrected chi connectivity index (χ2v) is 7.27. The number of halogens is 1. The highest BCUT2D eigenvalue weighted by Gasteiger charge is 2.12. The van der Waals surface area contributed by atoms with Crippen molar-refractivity contribution in [3.8, 4) is 17.6 Å². The van der Waals surface area contributed by atoms with Crippen LogP contribution in [0.3, 0.4) is 0 Å². The molecule has 8 heteroatoms. The molecule has 1 amide bonds. The summed E-state index contributed by atoms with van der Waals surface area (Å²) in [6, 6.07) is 19.8. The Kier molecular flexibility index (Phi) is 7.68. The second-order valence-electron chi connectivity index (χ2n) is 6.84. The summed E-state index contributed by atoms with van der Waals surface area (Å²) in [5.74, 6) is -0.760. The third-order valence-corrected chi connectivity index (χ3v) is 4.77. The Morgan fingerprint density at radius 1 is 1.09 bits per heavy atom. The molecule has 3 aromatic carbocycles. The molecule has 166 valence electrons. The number of carboxylic acid groups (broad SMARTS) is 1. The summed E-state index contributed by atoms with van der Waals surface area (Å²) in [5.41, 5.74) is 1.79. The fraction of sp³-hybridized carbons (Fsp3) is 0.0800. The van der Waals surface area contributed by atoms with Crippen LogP contribution in [0.15, 0.2) is 72.3 Å². The Hall–Kier alpha value is -4.28. The predicted molar refractivity (Wildman–Crippen MR) is 124 cm³/mol. The SMILES string of the molecule is COc1cc(/C=C(\C#N)C(=O)Nc2ccc(C(=O)O)cc2)ccc1OCc1cccc(Cl)c1. The lowest BCUT2D eigenvalue weighted by molar-refractivity contribution is -0.112. The number of ether oxygens (including phenoxy) is 2. The molecule has 3 rings (SSSR count). The van der Waals surface area contributed by atoms with E-state index in [0.717, 1.165) is 5.56 Å². The van der Waals surface area contributed by atoms with Crippen molar-refractivity contribution >= 4 is 35.2 Å². The van der Waals surface area contributed by atoms with Crippen molar-refractivity contribution < 1.29 is 24.2 Å². The van der Waals surface area contributed by atoms with Gasteiger partial charge in [0, 0.05) is 10.7 Å². The van der Waals surface area contributed by atoms with Gasteiger partial charge in [-0.1, -0.05) is 29.8 Å². The quantitative estimate of drug-likeness (QED) is 0.353. The Balaban J connectivity index is 1.73. The van der Waals surface area contributed by atoms with E-state index in [-0.39, 0.29) is 11.1 Å². The summed E-state index contributed by atoms with van der Waals surface area (Å²) >= 11 is 5.99. The van der Waals surface area contributed by atoms with Crippen LogP contribution in [-0.2, 0) is 11.4 Å². The minimum atomic E-state index is -1.07. The molecule has 0 aliphatic heterocycles. The van der Waals surface area contributed by atoms with Crippen molar-refractivity contribution in [2.24, 2.45) is 0 Å². The summed E-state index contributed by atoms with van der Waals surface area (Å²) in [6.07, 6.45) is 1.42. The Morgan fingerprint density at radius 3 is 2.48 bits per heavy atom. The molecule has 0 aliphatic rings. The number of hydrogen-bond acceptors (Lipinski definition) is 5. The van der Waals surface area contributed by atoms with Crippen LogP contribution in [0.5, 0.6) is 11.5 Å². The van der Waals surface area contributed by atoms with Gasteiger partial charge in [0.2, 0.25) is 0 Å². The van der Waals surface area contributed by atoms with Crippen LogP contribution in [-0.4, -0.2) is 24.1 Å². The minimum absolute atomic E-state index is 0.0915. The maximum absolute atomic E-state index is 12.5. The average molecular weight is 463 g/mol. The van der Waals surface area contributed by atoms with Gasteiger partial charge in [0.15, 0.2) is 11.5 Å². The summed E-state index contributed by atoms with van der Waals surface area (Å²) in [6.45, 7) is 0.290. The lowest BCUT2D eigenvalue weighted by Gasteiger charge is -2.12. The zero-order valence-corrected chi connectivity index (χ0v) is 18.3. The largest absolute Gasteiger partial charge is 0.493 e. The van der Waals surface area contributed by atoms with Gasteiger partial charge in [-0.25, -0.2) is 4.79 Å². The van der Waals surface area contributed by atoms with E-state index in [4.69, 9.17) is 26.2 Å². The second kappa shape index (κ2) is 10.8. The molecule has 0 radical (unpaired) electrons. The van der Waals surface area contributed by atoms with Gasteiger partial charge in [-0.05, 0) is 65.7 Å². The third kappa shape index (κ3) is 6.35. The summed E-state index contributed by atoms with van der Waals surface area (Å²) in [4.78, 5) is 23.4. The van der Waals surface area contributed by atoms with E-state index in [0.29, 0.717) is 34.4 Å². The smallest absolute Gasteiger partial charge is 0.335 e. The highest BCUT2D eigenvalue weighted by Crippen LogP contribution is 2.30. The van der Waals surface area contributed by atoms with Gasteiger partial charge in [-0.3, -0.25) is 4.79 Å². The maximum Gasteiger partial charge on any atom is 0.335 e. The molecule has 2 N–H and O–H groups in total. The van der Waals surface area contributed by atoms with Crippen molar-refractivity contribution in [1.82, 2.24) is 0 Å². The van der Waals surface area contributed by atoms with Crippen LogP contribution < -0.4 is 14.8 Å². The number of nitrogens with one attached hydrogen (secondary N) is 1. The monoisotopic (exact) mass is 462 g/mol. The van der Waals surface area contributed by atoms with E-state index in [1.807, 2.05) is 18.2 Å². The van der Waals surface area contributed by atoms with Gasteiger partial charge in [-0.2, -0.15) is 5.26 Å². The van der Waals surface area contributed by atoms with Gasteiger partial charge in [0.1, 0.15) is 18.2 Å². The standard InChI is InChI=1S/C25H19ClN2O5/c1-32-23-13-16(5-10-22(23)33-15-17-3-2-4-20(26)12-17)11-19(14-27)24(29)28-21-8-6-18(7-9-21)25(30)31/h2-13H,15H2,1H3,(H,28,29)(H,30,31)/b19-11+. The van der Waals surface area contributed by atoms with Crippen molar-refractivity contribution in [3.05, 3.63) is 94.0 Å². The lowest BCUT2D eigenvalue weighted by atomic mass is 10.1. The molecule has 0 aromatic heterocycles. The topological polar surface area (TPSA) is 109 Å². The molecule has 0 saturated carbocycles. The number of nitriles is 1. The molecule has 3 aromatic rings.